The summed E-state index contributed by atoms with van der Waals surface area (Å²) in [6.07, 6.45) is -4.67. The number of benzene rings is 2. The molecule has 0 amide bonds. The maximum Gasteiger partial charge on any atom is 0.433 e. The fraction of sp³-hybridized carbons (Fsp3) is 0.240. The molecule has 4 aromatic rings. The third-order valence-electron chi connectivity index (χ3n) is 6.10. The number of pyridine rings is 1. The lowest BCUT2D eigenvalue weighted by Gasteiger charge is -2.25. The number of H-pyrrole nitrogens is 1. The van der Waals surface area contributed by atoms with E-state index in [1.807, 2.05) is 20.8 Å². The smallest absolute Gasteiger partial charge is 0.409 e. The summed E-state index contributed by atoms with van der Waals surface area (Å²) in [5, 5.41) is 9.39. The number of nitrogens with zero attached hydrogens (tertiary/aromatic N) is 3. The molecule has 1 aliphatic rings. The van der Waals surface area contributed by atoms with Crippen molar-refractivity contribution < 1.29 is 26.0 Å². The molecule has 0 fully saturated rings. The van der Waals surface area contributed by atoms with Gasteiger partial charge in [-0.2, -0.15) is 13.2 Å². The zero-order valence-corrected chi connectivity index (χ0v) is 22.1. The van der Waals surface area contributed by atoms with Crippen molar-refractivity contribution in [3.8, 4) is 11.5 Å². The molecule has 2 N–H and O–H groups in total. The highest BCUT2D eigenvalue weighted by Crippen LogP contribution is 2.41. The Morgan fingerprint density at radius 2 is 1.74 bits per heavy atom. The minimum atomic E-state index is -4.67. The molecule has 0 atom stereocenters. The van der Waals surface area contributed by atoms with Crippen LogP contribution in [0.4, 0.5) is 30.4 Å². The second kappa shape index (κ2) is 8.95. The third-order valence-corrected chi connectivity index (χ3v) is 8.04. The van der Waals surface area contributed by atoms with Gasteiger partial charge in [0.25, 0.3) is 14.9 Å². The Morgan fingerprint density at radius 1 is 1.03 bits per heavy atom. The SMILES string of the molecule is CC(C)(C)c1ccc(S(=O)(=O)N2Cc3ccc(C(F)(F)F)nc3Nc3ccc(-c4n[nH]c(=S)o4)cc32)cc1. The quantitative estimate of drug-likeness (QED) is 0.273. The molecule has 0 spiro atoms. The number of rotatable bonds is 3. The second-order valence-corrected chi connectivity index (χ2v) is 12.0. The van der Waals surface area contributed by atoms with Crippen molar-refractivity contribution in [3.05, 3.63) is 76.3 Å². The van der Waals surface area contributed by atoms with Gasteiger partial charge in [-0.1, -0.05) is 39.0 Å². The lowest BCUT2D eigenvalue weighted by atomic mass is 9.87. The number of anilines is 3. The van der Waals surface area contributed by atoms with Crippen LogP contribution in [-0.2, 0) is 28.2 Å². The van der Waals surface area contributed by atoms with Crippen LogP contribution >= 0.6 is 12.2 Å². The normalized spacial score (nSPS) is 13.9. The Morgan fingerprint density at radius 3 is 2.34 bits per heavy atom. The first-order valence-electron chi connectivity index (χ1n) is 11.4. The summed E-state index contributed by atoms with van der Waals surface area (Å²) in [4.78, 5) is 3.81. The molecule has 13 heteroatoms. The van der Waals surface area contributed by atoms with Gasteiger partial charge in [0, 0.05) is 11.1 Å². The molecular weight excluding hydrogens is 539 g/mol. The van der Waals surface area contributed by atoms with E-state index in [2.05, 4.69) is 20.5 Å². The Labute approximate surface area is 221 Å². The van der Waals surface area contributed by atoms with Crippen LogP contribution < -0.4 is 9.62 Å². The standard InChI is InChI=1S/C25H22F3N5O3S2/c1-24(2,3)16-6-8-17(9-7-16)38(34,35)33-13-15-5-11-20(25(26,27)28)30-21(15)29-18-10-4-14(12-19(18)33)22-31-32-23(37)36-22/h4-12H,13H2,1-3H3,(H,29,30)(H,32,37). The Kier molecular flexibility index (Phi) is 6.10. The van der Waals surface area contributed by atoms with Gasteiger partial charge in [0.15, 0.2) is 0 Å². The van der Waals surface area contributed by atoms with Crippen molar-refractivity contribution in [2.75, 3.05) is 9.62 Å². The van der Waals surface area contributed by atoms with Crippen molar-refractivity contribution in [2.45, 2.75) is 43.8 Å². The van der Waals surface area contributed by atoms with Crippen LogP contribution in [-0.4, -0.2) is 23.6 Å². The average Bonchev–Trinajstić information content (AvgIpc) is 3.20. The summed E-state index contributed by atoms with van der Waals surface area (Å²) in [6, 6.07) is 13.2. The number of alkyl halides is 3. The van der Waals surface area contributed by atoms with Crippen LogP contribution in [0.5, 0.6) is 0 Å². The number of hydrogen-bond acceptors (Lipinski definition) is 7. The molecule has 5 rings (SSSR count). The molecule has 8 nitrogen and oxygen atoms in total. The molecule has 1 aliphatic heterocycles. The first kappa shape index (κ1) is 25.9. The van der Waals surface area contributed by atoms with Crippen molar-refractivity contribution >= 4 is 39.4 Å². The number of aromatic nitrogens is 3. The topological polar surface area (TPSA) is 104 Å². The number of halogens is 3. The highest BCUT2D eigenvalue weighted by Gasteiger charge is 2.36. The molecule has 0 saturated carbocycles. The van der Waals surface area contributed by atoms with E-state index in [0.29, 0.717) is 5.56 Å². The minimum absolute atomic E-state index is 0.0301. The van der Waals surface area contributed by atoms with Gasteiger partial charge in [-0.05, 0) is 59.6 Å². The molecule has 0 radical (unpaired) electrons. The lowest BCUT2D eigenvalue weighted by molar-refractivity contribution is -0.141. The van der Waals surface area contributed by atoms with E-state index in [1.54, 1.807) is 18.2 Å². The van der Waals surface area contributed by atoms with Crippen molar-refractivity contribution in [1.82, 2.24) is 15.2 Å². The second-order valence-electron chi connectivity index (χ2n) is 9.76. The van der Waals surface area contributed by atoms with E-state index in [-0.39, 0.29) is 50.3 Å². The fourth-order valence-electron chi connectivity index (χ4n) is 4.05. The number of aromatic amines is 1. The number of sulfonamides is 1. The van der Waals surface area contributed by atoms with E-state index in [0.717, 1.165) is 15.9 Å². The van der Waals surface area contributed by atoms with E-state index in [1.165, 1.54) is 30.3 Å². The predicted octanol–water partition coefficient (Wildman–Crippen LogP) is 6.56. The van der Waals surface area contributed by atoms with Crippen LogP contribution in [0.1, 0.15) is 37.6 Å². The van der Waals surface area contributed by atoms with Gasteiger partial charge in [0.05, 0.1) is 22.8 Å². The largest absolute Gasteiger partial charge is 0.433 e. The van der Waals surface area contributed by atoms with Crippen molar-refractivity contribution in [2.24, 2.45) is 0 Å². The van der Waals surface area contributed by atoms with E-state index in [9.17, 15) is 21.6 Å². The average molecular weight is 562 g/mol. The lowest BCUT2D eigenvalue weighted by Crippen LogP contribution is -2.30. The molecule has 2 aromatic carbocycles. The molecule has 38 heavy (non-hydrogen) atoms. The molecule has 3 heterocycles. The van der Waals surface area contributed by atoms with Crippen LogP contribution in [0.15, 0.2) is 63.9 Å². The summed E-state index contributed by atoms with van der Waals surface area (Å²) in [5.74, 6) is 0.0378. The predicted molar refractivity (Wildman–Crippen MR) is 138 cm³/mol. The van der Waals surface area contributed by atoms with Gasteiger partial charge in [-0.15, -0.1) is 5.10 Å². The highest BCUT2D eigenvalue weighted by atomic mass is 32.2. The zero-order valence-electron chi connectivity index (χ0n) is 20.4. The van der Waals surface area contributed by atoms with Crippen LogP contribution in [0, 0.1) is 4.84 Å². The van der Waals surface area contributed by atoms with Crippen LogP contribution in [0.25, 0.3) is 11.5 Å². The first-order valence-corrected chi connectivity index (χ1v) is 13.3. The van der Waals surface area contributed by atoms with Gasteiger partial charge in [-0.3, -0.25) is 4.31 Å². The van der Waals surface area contributed by atoms with E-state index in [4.69, 9.17) is 16.6 Å². The Bertz CT molecular complexity index is 1690. The van der Waals surface area contributed by atoms with E-state index < -0.39 is 21.9 Å². The number of nitrogens with one attached hydrogen (secondary N) is 2. The van der Waals surface area contributed by atoms with Gasteiger partial charge in [-0.25, -0.2) is 18.5 Å². The maximum absolute atomic E-state index is 14.0. The summed E-state index contributed by atoms with van der Waals surface area (Å²) < 4.78 is 74.6. The van der Waals surface area contributed by atoms with Crippen molar-refractivity contribution in [3.63, 3.8) is 0 Å². The number of hydrogen-bond donors (Lipinski definition) is 2. The fourth-order valence-corrected chi connectivity index (χ4v) is 5.63. The summed E-state index contributed by atoms with van der Waals surface area (Å²) >= 11 is 4.94. The van der Waals surface area contributed by atoms with Crippen molar-refractivity contribution in [1.29, 1.82) is 0 Å². The van der Waals surface area contributed by atoms with Gasteiger partial charge in [0.1, 0.15) is 11.5 Å². The van der Waals surface area contributed by atoms with E-state index >= 15 is 0 Å². The molecule has 0 unspecified atom stereocenters. The number of fused-ring (bicyclic) bond motifs is 2. The molecule has 0 saturated heterocycles. The molecule has 0 aliphatic carbocycles. The summed E-state index contributed by atoms with van der Waals surface area (Å²) in [5.41, 5.74) is 0.767. The Balaban J connectivity index is 1.67. The summed E-state index contributed by atoms with van der Waals surface area (Å²) in [6.45, 7) is 5.78. The van der Waals surface area contributed by atoms with Gasteiger partial charge < -0.3 is 9.73 Å². The van der Waals surface area contributed by atoms with Gasteiger partial charge >= 0.3 is 6.18 Å². The molecule has 2 aromatic heterocycles. The minimum Gasteiger partial charge on any atom is -0.409 e. The first-order chi connectivity index (χ1) is 17.7. The zero-order chi connectivity index (χ0) is 27.5. The molecule has 0 bridgehead atoms. The third kappa shape index (κ3) is 4.78. The maximum atomic E-state index is 14.0. The summed E-state index contributed by atoms with van der Waals surface area (Å²) in [7, 11) is -4.17. The van der Waals surface area contributed by atoms with Crippen LogP contribution in [0.3, 0.4) is 0 Å². The Hall–Kier alpha value is -3.71. The highest BCUT2D eigenvalue weighted by molar-refractivity contribution is 7.92. The van der Waals surface area contributed by atoms with Gasteiger partial charge in [0.2, 0.25) is 5.89 Å². The molecular formula is C25H22F3N5O3S2. The monoisotopic (exact) mass is 561 g/mol. The van der Waals surface area contributed by atoms with Crippen LogP contribution in [0.2, 0.25) is 0 Å². The molecule has 198 valence electrons.